The SMILES string of the molecule is CC(C)(C)OC(=O)N1CCC(S(=O)(=O)c2ccc(Nc3ncc(/C=C/c4cccc(C(=N)N)c4)cn3)cc2)CC1. The zero-order chi connectivity index (χ0) is 28.9. The molecule has 1 aliphatic rings. The minimum absolute atomic E-state index is 0.0141. The Morgan fingerprint density at radius 2 is 1.68 bits per heavy atom. The number of nitrogen functional groups attached to an aromatic ring is 1. The largest absolute Gasteiger partial charge is 0.444 e. The van der Waals surface area contributed by atoms with Crippen molar-refractivity contribution in [2.75, 3.05) is 18.4 Å². The van der Waals surface area contributed by atoms with Crippen molar-refractivity contribution < 1.29 is 17.9 Å². The van der Waals surface area contributed by atoms with E-state index in [0.717, 1.165) is 11.1 Å². The highest BCUT2D eigenvalue weighted by Crippen LogP contribution is 2.27. The number of carbonyl (C=O) groups is 1. The second-order valence-electron chi connectivity index (χ2n) is 10.6. The van der Waals surface area contributed by atoms with E-state index in [9.17, 15) is 13.2 Å². The van der Waals surface area contributed by atoms with Gasteiger partial charge in [0.05, 0.1) is 10.1 Å². The number of nitrogens with two attached hydrogens (primary N) is 1. The summed E-state index contributed by atoms with van der Waals surface area (Å²) in [7, 11) is -3.54. The first-order valence-corrected chi connectivity index (χ1v) is 14.5. The number of benzene rings is 2. The number of nitrogens with zero attached hydrogens (tertiary/aromatic N) is 3. The maximum atomic E-state index is 13.2. The molecule has 210 valence electrons. The molecule has 1 saturated heterocycles. The molecule has 0 atom stereocenters. The number of rotatable bonds is 7. The number of sulfone groups is 1. The maximum absolute atomic E-state index is 13.2. The predicted octanol–water partition coefficient (Wildman–Crippen LogP) is 4.85. The van der Waals surface area contributed by atoms with Crippen molar-refractivity contribution in [2.24, 2.45) is 5.73 Å². The van der Waals surface area contributed by atoms with Crippen LogP contribution in [-0.4, -0.2) is 59.2 Å². The molecule has 4 rings (SSSR count). The molecule has 40 heavy (non-hydrogen) atoms. The van der Waals surface area contributed by atoms with Crippen molar-refractivity contribution in [1.82, 2.24) is 14.9 Å². The molecule has 0 radical (unpaired) electrons. The smallest absolute Gasteiger partial charge is 0.410 e. The topological polar surface area (TPSA) is 151 Å². The van der Waals surface area contributed by atoms with Gasteiger partial charge in [0, 0.05) is 42.3 Å². The molecule has 0 unspecified atom stereocenters. The van der Waals surface area contributed by atoms with Crippen LogP contribution in [0.1, 0.15) is 50.3 Å². The van der Waals surface area contributed by atoms with Gasteiger partial charge in [-0.1, -0.05) is 30.4 Å². The summed E-state index contributed by atoms with van der Waals surface area (Å²) in [5.41, 5.74) is 7.96. The number of nitrogens with one attached hydrogen (secondary N) is 2. The molecule has 1 aliphatic heterocycles. The average molecular weight is 563 g/mol. The summed E-state index contributed by atoms with van der Waals surface area (Å²) < 4.78 is 31.8. The van der Waals surface area contributed by atoms with Gasteiger partial charge in [-0.3, -0.25) is 5.41 Å². The quantitative estimate of drug-likeness (QED) is 0.273. The van der Waals surface area contributed by atoms with Crippen LogP contribution in [0.3, 0.4) is 0 Å². The molecule has 2 heterocycles. The normalized spacial score (nSPS) is 14.7. The first-order valence-electron chi connectivity index (χ1n) is 12.9. The Kier molecular flexibility index (Phi) is 8.53. The third-order valence-electron chi connectivity index (χ3n) is 6.31. The molecule has 4 N–H and O–H groups in total. The van der Waals surface area contributed by atoms with Gasteiger partial charge < -0.3 is 20.7 Å². The third-order valence-corrected chi connectivity index (χ3v) is 8.59. The van der Waals surface area contributed by atoms with Crippen LogP contribution in [-0.2, 0) is 14.6 Å². The molecule has 0 saturated carbocycles. The Balaban J connectivity index is 1.33. The maximum Gasteiger partial charge on any atom is 0.410 e. The summed E-state index contributed by atoms with van der Waals surface area (Å²) >= 11 is 0. The molecule has 1 fully saturated rings. The number of hydrogen-bond acceptors (Lipinski definition) is 8. The van der Waals surface area contributed by atoms with Crippen molar-refractivity contribution >= 4 is 45.6 Å². The lowest BCUT2D eigenvalue weighted by Crippen LogP contribution is -2.44. The summed E-state index contributed by atoms with van der Waals surface area (Å²) in [6.45, 7) is 6.09. The van der Waals surface area contributed by atoms with Gasteiger partial charge in [0.15, 0.2) is 9.84 Å². The van der Waals surface area contributed by atoms with Gasteiger partial charge in [-0.2, -0.15) is 0 Å². The lowest BCUT2D eigenvalue weighted by Gasteiger charge is -2.33. The Morgan fingerprint density at radius 1 is 1.05 bits per heavy atom. The van der Waals surface area contributed by atoms with Crippen LogP contribution in [0.15, 0.2) is 65.8 Å². The number of ether oxygens (including phenoxy) is 1. The molecule has 1 aromatic heterocycles. The Morgan fingerprint density at radius 3 is 2.27 bits per heavy atom. The number of piperidine rings is 1. The van der Waals surface area contributed by atoms with Crippen LogP contribution in [0.5, 0.6) is 0 Å². The summed E-state index contributed by atoms with van der Waals surface area (Å²) in [5.74, 6) is 0.390. The molecule has 11 heteroatoms. The van der Waals surface area contributed by atoms with Crippen molar-refractivity contribution in [3.8, 4) is 0 Å². The van der Waals surface area contributed by atoms with E-state index < -0.39 is 26.8 Å². The standard InChI is InChI=1S/C29H34N6O4S/c1-29(2,3)39-28(36)35-15-13-25(14-16-35)40(37,38)24-11-9-23(10-12-24)34-27-32-18-21(19-33-27)8-7-20-5-4-6-22(17-20)26(30)31/h4-12,17-19,25H,13-16H2,1-3H3,(H3,30,31)(H,32,33,34)/b8-7+. The van der Waals surface area contributed by atoms with Gasteiger partial charge in [0.1, 0.15) is 11.4 Å². The first kappa shape index (κ1) is 28.8. The number of hydrogen-bond donors (Lipinski definition) is 3. The van der Waals surface area contributed by atoms with Crippen LogP contribution in [0.25, 0.3) is 12.2 Å². The predicted molar refractivity (Wildman–Crippen MR) is 156 cm³/mol. The van der Waals surface area contributed by atoms with E-state index in [2.05, 4.69) is 15.3 Å². The van der Waals surface area contributed by atoms with E-state index in [0.29, 0.717) is 43.1 Å². The first-order chi connectivity index (χ1) is 18.9. The number of likely N-dealkylation sites (tertiary alicyclic amines) is 1. The average Bonchev–Trinajstić information content (AvgIpc) is 2.92. The van der Waals surface area contributed by atoms with E-state index in [1.54, 1.807) is 68.4 Å². The zero-order valence-electron chi connectivity index (χ0n) is 22.8. The van der Waals surface area contributed by atoms with E-state index in [1.807, 2.05) is 30.4 Å². The monoisotopic (exact) mass is 562 g/mol. The molecule has 0 spiro atoms. The Hall–Kier alpha value is -4.25. The number of amidine groups is 1. The van der Waals surface area contributed by atoms with E-state index in [1.165, 1.54) is 0 Å². The van der Waals surface area contributed by atoms with Gasteiger partial charge in [0.25, 0.3) is 0 Å². The molecule has 2 aromatic carbocycles. The Labute approximate surface area is 234 Å². The molecular weight excluding hydrogens is 528 g/mol. The second-order valence-corrected chi connectivity index (χ2v) is 12.8. The lowest BCUT2D eigenvalue weighted by atomic mass is 10.1. The zero-order valence-corrected chi connectivity index (χ0v) is 23.6. The summed E-state index contributed by atoms with van der Waals surface area (Å²) in [6.07, 6.45) is 7.40. The molecule has 0 aliphatic carbocycles. The fourth-order valence-electron chi connectivity index (χ4n) is 4.22. The molecular formula is C29H34N6O4S. The molecule has 1 amide bonds. The summed E-state index contributed by atoms with van der Waals surface area (Å²) in [4.78, 5) is 22.8. The van der Waals surface area contributed by atoms with Crippen LogP contribution >= 0.6 is 0 Å². The highest BCUT2D eigenvalue weighted by Gasteiger charge is 2.34. The fourth-order valence-corrected chi connectivity index (χ4v) is 5.95. The minimum Gasteiger partial charge on any atom is -0.444 e. The minimum atomic E-state index is -3.54. The summed E-state index contributed by atoms with van der Waals surface area (Å²) in [5, 5.41) is 10.1. The van der Waals surface area contributed by atoms with Crippen molar-refractivity contribution in [1.29, 1.82) is 5.41 Å². The number of amides is 1. The fraction of sp³-hybridized carbons (Fsp3) is 0.310. The second kappa shape index (κ2) is 11.9. The van der Waals surface area contributed by atoms with Crippen LogP contribution in [0, 0.1) is 5.41 Å². The van der Waals surface area contributed by atoms with Crippen LogP contribution in [0.2, 0.25) is 0 Å². The van der Waals surface area contributed by atoms with Crippen molar-refractivity contribution in [2.45, 2.75) is 49.4 Å². The lowest BCUT2D eigenvalue weighted by molar-refractivity contribution is 0.0217. The molecule has 10 nitrogen and oxygen atoms in total. The van der Waals surface area contributed by atoms with Gasteiger partial charge >= 0.3 is 6.09 Å². The summed E-state index contributed by atoms with van der Waals surface area (Å²) in [6, 6.07) is 13.9. The third kappa shape index (κ3) is 7.44. The van der Waals surface area contributed by atoms with Gasteiger partial charge in [-0.15, -0.1) is 0 Å². The van der Waals surface area contributed by atoms with E-state index in [4.69, 9.17) is 15.9 Å². The number of aromatic nitrogens is 2. The van der Waals surface area contributed by atoms with Crippen LogP contribution in [0.4, 0.5) is 16.4 Å². The number of anilines is 2. The van der Waals surface area contributed by atoms with Gasteiger partial charge in [-0.05, 0) is 69.5 Å². The molecule has 3 aromatic rings. The highest BCUT2D eigenvalue weighted by molar-refractivity contribution is 7.92. The van der Waals surface area contributed by atoms with Crippen LogP contribution < -0.4 is 11.1 Å². The Bertz CT molecular complexity index is 1490. The van der Waals surface area contributed by atoms with Gasteiger partial charge in [0.2, 0.25) is 5.95 Å². The van der Waals surface area contributed by atoms with Crippen molar-refractivity contribution in [3.05, 3.63) is 77.6 Å². The van der Waals surface area contributed by atoms with Crippen molar-refractivity contribution in [3.63, 3.8) is 0 Å². The molecule has 0 bridgehead atoms. The highest BCUT2D eigenvalue weighted by atomic mass is 32.2. The van der Waals surface area contributed by atoms with Gasteiger partial charge in [-0.25, -0.2) is 23.2 Å². The van der Waals surface area contributed by atoms with E-state index >= 15 is 0 Å². The number of carbonyl (C=O) groups excluding carboxylic acids is 1. The van der Waals surface area contributed by atoms with E-state index in [-0.39, 0.29) is 10.7 Å².